The fraction of sp³-hybridized carbons (Fsp3) is 0.111. The van der Waals surface area contributed by atoms with Crippen molar-refractivity contribution in [3.63, 3.8) is 0 Å². The normalized spacial score (nSPS) is 10.6. The first-order valence-electron chi connectivity index (χ1n) is 3.36. The largest absolute Gasteiger partial charge is 0.452 e. The molecular weight excluding hydrogens is 160 g/mol. The molecule has 0 aliphatic rings. The van der Waals surface area contributed by atoms with E-state index in [1.807, 2.05) is 24.3 Å². The number of rotatable bonds is 1. The third-order valence-corrected chi connectivity index (χ3v) is 1.90. The zero-order chi connectivity index (χ0) is 7.68. The number of para-hydroxylation sites is 1. The molecule has 0 fully saturated rings. The third-order valence-electron chi connectivity index (χ3n) is 1.63. The van der Waals surface area contributed by atoms with Crippen molar-refractivity contribution in [2.45, 2.75) is 5.88 Å². The maximum atomic E-state index is 5.66. The molecule has 0 bridgehead atoms. The molecule has 2 aromatic rings. The zero-order valence-electron chi connectivity index (χ0n) is 5.80. The third kappa shape index (κ3) is 1.02. The SMILES string of the molecule is ClCc1[c]oc2ccccc12. The van der Waals surface area contributed by atoms with E-state index in [0.717, 1.165) is 16.5 Å². The highest BCUT2D eigenvalue weighted by Crippen LogP contribution is 2.20. The Morgan fingerprint density at radius 2 is 2.18 bits per heavy atom. The Kier molecular flexibility index (Phi) is 1.59. The molecule has 0 atom stereocenters. The van der Waals surface area contributed by atoms with Gasteiger partial charge in [0.25, 0.3) is 0 Å². The lowest BCUT2D eigenvalue weighted by atomic mass is 10.2. The number of hydrogen-bond donors (Lipinski definition) is 0. The summed E-state index contributed by atoms with van der Waals surface area (Å²) in [5, 5.41) is 1.06. The molecule has 0 aliphatic carbocycles. The van der Waals surface area contributed by atoms with Crippen LogP contribution in [0.2, 0.25) is 0 Å². The average Bonchev–Trinajstić information content (AvgIpc) is 2.47. The fourth-order valence-corrected chi connectivity index (χ4v) is 1.27. The summed E-state index contributed by atoms with van der Waals surface area (Å²) in [6.07, 6.45) is 2.76. The van der Waals surface area contributed by atoms with E-state index in [1.165, 1.54) is 0 Å². The summed E-state index contributed by atoms with van der Waals surface area (Å²) in [5.41, 5.74) is 1.78. The maximum Gasteiger partial charge on any atom is 0.175 e. The molecule has 0 unspecified atom stereocenters. The first-order chi connectivity index (χ1) is 5.42. The number of halogens is 1. The molecule has 11 heavy (non-hydrogen) atoms. The lowest BCUT2D eigenvalue weighted by molar-refractivity contribution is 0.602. The molecule has 0 aliphatic heterocycles. The standard InChI is InChI=1S/C9H6ClO/c10-5-7-6-11-9-4-2-1-3-8(7)9/h1-4H,5H2. The van der Waals surface area contributed by atoms with Crippen LogP contribution in [0.1, 0.15) is 5.56 Å². The van der Waals surface area contributed by atoms with Crippen LogP contribution < -0.4 is 0 Å². The van der Waals surface area contributed by atoms with Crippen LogP contribution in [0.15, 0.2) is 28.7 Å². The second-order valence-corrected chi connectivity index (χ2v) is 2.58. The summed E-state index contributed by atoms with van der Waals surface area (Å²) in [5.74, 6) is 0.455. The van der Waals surface area contributed by atoms with Crippen LogP contribution in [0.25, 0.3) is 11.0 Å². The van der Waals surface area contributed by atoms with Gasteiger partial charge < -0.3 is 4.42 Å². The molecule has 1 aromatic heterocycles. The Balaban J connectivity index is 2.76. The van der Waals surface area contributed by atoms with Gasteiger partial charge in [-0.2, -0.15) is 0 Å². The predicted molar refractivity (Wildman–Crippen MR) is 44.6 cm³/mol. The monoisotopic (exact) mass is 165 g/mol. The highest BCUT2D eigenvalue weighted by molar-refractivity contribution is 6.17. The van der Waals surface area contributed by atoms with Crippen molar-refractivity contribution in [2.75, 3.05) is 0 Å². The molecule has 1 heterocycles. The van der Waals surface area contributed by atoms with Gasteiger partial charge in [-0.05, 0) is 6.07 Å². The van der Waals surface area contributed by atoms with Crippen LogP contribution in [-0.4, -0.2) is 0 Å². The molecule has 1 radical (unpaired) electrons. The van der Waals surface area contributed by atoms with Crippen molar-refractivity contribution in [3.8, 4) is 0 Å². The highest BCUT2D eigenvalue weighted by atomic mass is 35.5. The van der Waals surface area contributed by atoms with Gasteiger partial charge in [0.05, 0.1) is 5.88 Å². The maximum absolute atomic E-state index is 5.66. The van der Waals surface area contributed by atoms with Crippen LogP contribution >= 0.6 is 11.6 Å². The van der Waals surface area contributed by atoms with E-state index in [-0.39, 0.29) is 0 Å². The van der Waals surface area contributed by atoms with Crippen molar-refractivity contribution in [2.24, 2.45) is 0 Å². The lowest BCUT2D eigenvalue weighted by Gasteiger charge is -1.87. The Morgan fingerprint density at radius 3 is 3.00 bits per heavy atom. The summed E-state index contributed by atoms with van der Waals surface area (Å²) in [6, 6.07) is 7.77. The van der Waals surface area contributed by atoms with Gasteiger partial charge in [-0.25, -0.2) is 0 Å². The van der Waals surface area contributed by atoms with Crippen molar-refractivity contribution in [1.82, 2.24) is 0 Å². The Bertz CT molecular complexity index is 364. The van der Waals surface area contributed by atoms with Crippen molar-refractivity contribution < 1.29 is 4.42 Å². The second kappa shape index (κ2) is 2.59. The van der Waals surface area contributed by atoms with Gasteiger partial charge in [-0.1, -0.05) is 18.2 Å². The van der Waals surface area contributed by atoms with Crippen molar-refractivity contribution in [3.05, 3.63) is 36.1 Å². The topological polar surface area (TPSA) is 13.1 Å². The molecule has 0 amide bonds. The molecular formula is C9H6ClO. The van der Waals surface area contributed by atoms with Crippen LogP contribution in [0.3, 0.4) is 0 Å². The summed E-state index contributed by atoms with van der Waals surface area (Å²) in [6.45, 7) is 0. The van der Waals surface area contributed by atoms with E-state index in [4.69, 9.17) is 16.0 Å². The van der Waals surface area contributed by atoms with E-state index < -0.39 is 0 Å². The average molecular weight is 166 g/mol. The van der Waals surface area contributed by atoms with E-state index in [1.54, 1.807) is 0 Å². The van der Waals surface area contributed by atoms with Crippen LogP contribution in [0, 0.1) is 6.26 Å². The summed E-state index contributed by atoms with van der Waals surface area (Å²) < 4.78 is 5.13. The quantitative estimate of drug-likeness (QED) is 0.593. The van der Waals surface area contributed by atoms with Gasteiger partial charge in [0.1, 0.15) is 5.58 Å². The lowest BCUT2D eigenvalue weighted by Crippen LogP contribution is -1.70. The van der Waals surface area contributed by atoms with Crippen LogP contribution in [0.5, 0.6) is 0 Å². The first kappa shape index (κ1) is 6.74. The number of furan rings is 1. The van der Waals surface area contributed by atoms with Crippen molar-refractivity contribution in [1.29, 1.82) is 0 Å². The van der Waals surface area contributed by atoms with Gasteiger partial charge in [-0.15, -0.1) is 11.6 Å². The molecule has 0 saturated carbocycles. The van der Waals surface area contributed by atoms with Crippen LogP contribution in [0.4, 0.5) is 0 Å². The van der Waals surface area contributed by atoms with Crippen molar-refractivity contribution >= 4 is 22.6 Å². The smallest absolute Gasteiger partial charge is 0.175 e. The number of hydrogen-bond acceptors (Lipinski definition) is 1. The van der Waals surface area contributed by atoms with E-state index in [2.05, 4.69) is 6.26 Å². The Morgan fingerprint density at radius 1 is 1.36 bits per heavy atom. The number of fused-ring (bicyclic) bond motifs is 1. The minimum Gasteiger partial charge on any atom is -0.452 e. The predicted octanol–water partition coefficient (Wildman–Crippen LogP) is 2.97. The molecule has 1 nitrogen and oxygen atoms in total. The Hall–Kier alpha value is -0.950. The molecule has 0 saturated heterocycles. The van der Waals surface area contributed by atoms with Gasteiger partial charge >= 0.3 is 0 Å². The molecule has 1 aromatic carbocycles. The minimum absolute atomic E-state index is 0.455. The molecule has 2 rings (SSSR count). The molecule has 0 spiro atoms. The fourth-order valence-electron chi connectivity index (χ4n) is 1.08. The van der Waals surface area contributed by atoms with Crippen LogP contribution in [-0.2, 0) is 5.88 Å². The van der Waals surface area contributed by atoms with Gasteiger partial charge in [0.15, 0.2) is 6.26 Å². The summed E-state index contributed by atoms with van der Waals surface area (Å²) in [4.78, 5) is 0. The molecule has 0 N–H and O–H groups in total. The molecule has 55 valence electrons. The molecule has 2 heteroatoms. The van der Waals surface area contributed by atoms with Gasteiger partial charge in [0, 0.05) is 10.9 Å². The minimum atomic E-state index is 0.455. The Labute approximate surface area is 69.6 Å². The summed E-state index contributed by atoms with van der Waals surface area (Å²) in [7, 11) is 0. The zero-order valence-corrected chi connectivity index (χ0v) is 6.56. The summed E-state index contributed by atoms with van der Waals surface area (Å²) >= 11 is 5.66. The number of benzene rings is 1. The first-order valence-corrected chi connectivity index (χ1v) is 3.89. The van der Waals surface area contributed by atoms with Gasteiger partial charge in [-0.3, -0.25) is 0 Å². The second-order valence-electron chi connectivity index (χ2n) is 2.31. The van der Waals surface area contributed by atoms with E-state index in [9.17, 15) is 0 Å². The van der Waals surface area contributed by atoms with E-state index >= 15 is 0 Å². The van der Waals surface area contributed by atoms with E-state index in [0.29, 0.717) is 5.88 Å². The number of alkyl halides is 1. The highest BCUT2D eigenvalue weighted by Gasteiger charge is 2.02. The van der Waals surface area contributed by atoms with Gasteiger partial charge in [0.2, 0.25) is 0 Å².